The first-order valence-corrected chi connectivity index (χ1v) is 8.80. The Bertz CT molecular complexity index is 644. The number of halogens is 1. The lowest BCUT2D eigenvalue weighted by molar-refractivity contribution is 0.310. The Kier molecular flexibility index (Phi) is 7.40. The molecule has 0 saturated heterocycles. The van der Waals surface area contributed by atoms with Crippen LogP contribution in [0.2, 0.25) is 0 Å². The first-order valence-electron chi connectivity index (χ1n) is 8.00. The second kappa shape index (κ2) is 9.55. The van der Waals surface area contributed by atoms with E-state index in [4.69, 9.17) is 14.2 Å². The fourth-order valence-electron chi connectivity index (χ4n) is 2.39. The van der Waals surface area contributed by atoms with E-state index in [1.807, 2.05) is 31.2 Å². The molecule has 0 aliphatic heterocycles. The number of rotatable bonds is 9. The van der Waals surface area contributed by atoms with Crippen LogP contribution in [0, 0.1) is 0 Å². The molecular formula is C19H24BrNO3. The Balaban J connectivity index is 1.90. The lowest BCUT2D eigenvalue weighted by Crippen LogP contribution is -2.17. The van der Waals surface area contributed by atoms with Crippen molar-refractivity contribution in [1.29, 1.82) is 0 Å². The SMILES string of the molecule is CCOc1cc(CNCCc2ccc(OC)cc2)c(Br)cc1OC. The van der Waals surface area contributed by atoms with Crippen molar-refractivity contribution in [1.82, 2.24) is 5.32 Å². The smallest absolute Gasteiger partial charge is 0.161 e. The number of methoxy groups -OCH3 is 2. The van der Waals surface area contributed by atoms with Crippen molar-refractivity contribution in [2.24, 2.45) is 0 Å². The molecule has 0 spiro atoms. The summed E-state index contributed by atoms with van der Waals surface area (Å²) in [5.41, 5.74) is 2.43. The van der Waals surface area contributed by atoms with Crippen LogP contribution in [0.4, 0.5) is 0 Å². The third-order valence-corrected chi connectivity index (χ3v) is 4.44. The summed E-state index contributed by atoms with van der Waals surface area (Å²) in [4.78, 5) is 0. The largest absolute Gasteiger partial charge is 0.497 e. The van der Waals surface area contributed by atoms with Crippen LogP contribution < -0.4 is 19.5 Å². The normalized spacial score (nSPS) is 10.5. The Morgan fingerprint density at radius 2 is 1.75 bits per heavy atom. The predicted molar refractivity (Wildman–Crippen MR) is 100 cm³/mol. The van der Waals surface area contributed by atoms with E-state index >= 15 is 0 Å². The first-order chi connectivity index (χ1) is 11.7. The molecule has 1 N–H and O–H groups in total. The third-order valence-electron chi connectivity index (χ3n) is 3.70. The lowest BCUT2D eigenvalue weighted by atomic mass is 10.1. The van der Waals surface area contributed by atoms with E-state index in [-0.39, 0.29) is 0 Å². The molecule has 24 heavy (non-hydrogen) atoms. The van der Waals surface area contributed by atoms with Crippen LogP contribution in [-0.4, -0.2) is 27.4 Å². The topological polar surface area (TPSA) is 39.7 Å². The quantitative estimate of drug-likeness (QED) is 0.648. The summed E-state index contributed by atoms with van der Waals surface area (Å²) in [7, 11) is 3.33. The molecule has 0 radical (unpaired) electrons. The summed E-state index contributed by atoms with van der Waals surface area (Å²) in [5, 5.41) is 3.47. The van der Waals surface area contributed by atoms with Crippen molar-refractivity contribution < 1.29 is 14.2 Å². The standard InChI is InChI=1S/C19H24BrNO3/c1-4-24-19-11-15(17(20)12-18(19)23-3)13-21-10-9-14-5-7-16(22-2)8-6-14/h5-8,11-12,21H,4,9-10,13H2,1-3H3. The van der Waals surface area contributed by atoms with Gasteiger partial charge >= 0.3 is 0 Å². The number of benzene rings is 2. The zero-order valence-corrected chi connectivity index (χ0v) is 16.0. The van der Waals surface area contributed by atoms with Gasteiger partial charge in [0.15, 0.2) is 11.5 Å². The maximum Gasteiger partial charge on any atom is 0.161 e. The summed E-state index contributed by atoms with van der Waals surface area (Å²) < 4.78 is 17.2. The summed E-state index contributed by atoms with van der Waals surface area (Å²) in [5.74, 6) is 2.40. The summed E-state index contributed by atoms with van der Waals surface area (Å²) in [6.45, 7) is 4.24. The molecule has 0 bridgehead atoms. The summed E-state index contributed by atoms with van der Waals surface area (Å²) in [6.07, 6.45) is 0.968. The van der Waals surface area contributed by atoms with Gasteiger partial charge in [-0.3, -0.25) is 0 Å². The monoisotopic (exact) mass is 393 g/mol. The second-order valence-electron chi connectivity index (χ2n) is 5.30. The van der Waals surface area contributed by atoms with Crippen molar-refractivity contribution in [3.63, 3.8) is 0 Å². The van der Waals surface area contributed by atoms with Crippen LogP contribution in [-0.2, 0) is 13.0 Å². The van der Waals surface area contributed by atoms with Gasteiger partial charge in [0.05, 0.1) is 20.8 Å². The van der Waals surface area contributed by atoms with Crippen LogP contribution in [0.1, 0.15) is 18.1 Å². The Labute approximate surface area is 152 Å². The van der Waals surface area contributed by atoms with E-state index < -0.39 is 0 Å². The van der Waals surface area contributed by atoms with Crippen molar-refractivity contribution in [3.8, 4) is 17.2 Å². The van der Waals surface area contributed by atoms with Gasteiger partial charge in [-0.05, 0) is 55.3 Å². The molecule has 0 atom stereocenters. The molecule has 0 aliphatic carbocycles. The molecule has 0 aromatic heterocycles. The van der Waals surface area contributed by atoms with E-state index in [9.17, 15) is 0 Å². The lowest BCUT2D eigenvalue weighted by Gasteiger charge is -2.13. The summed E-state index contributed by atoms with van der Waals surface area (Å²) in [6, 6.07) is 12.1. The number of nitrogens with one attached hydrogen (secondary N) is 1. The van der Waals surface area contributed by atoms with E-state index in [0.717, 1.165) is 46.8 Å². The average Bonchev–Trinajstić information content (AvgIpc) is 2.61. The third kappa shape index (κ3) is 5.14. The van der Waals surface area contributed by atoms with Gasteiger partial charge in [-0.2, -0.15) is 0 Å². The molecule has 5 heteroatoms. The molecule has 130 valence electrons. The molecule has 4 nitrogen and oxygen atoms in total. The molecule has 0 fully saturated rings. The minimum atomic E-state index is 0.613. The molecule has 0 unspecified atom stereocenters. The molecule has 2 aromatic rings. The predicted octanol–water partition coefficient (Wildman–Crippen LogP) is 4.20. The van der Waals surface area contributed by atoms with Crippen LogP contribution >= 0.6 is 15.9 Å². The van der Waals surface area contributed by atoms with Crippen molar-refractivity contribution in [2.45, 2.75) is 19.9 Å². The molecule has 2 aromatic carbocycles. The molecule has 0 heterocycles. The van der Waals surface area contributed by atoms with Gasteiger partial charge in [-0.25, -0.2) is 0 Å². The average molecular weight is 394 g/mol. The molecule has 0 amide bonds. The highest BCUT2D eigenvalue weighted by Gasteiger charge is 2.09. The van der Waals surface area contributed by atoms with E-state index in [1.54, 1.807) is 14.2 Å². The van der Waals surface area contributed by atoms with Gasteiger partial charge in [0.25, 0.3) is 0 Å². The number of ether oxygens (including phenoxy) is 3. The molecule has 2 rings (SSSR count). The van der Waals surface area contributed by atoms with Gasteiger partial charge in [-0.15, -0.1) is 0 Å². The zero-order valence-electron chi connectivity index (χ0n) is 14.4. The number of hydrogen-bond donors (Lipinski definition) is 1. The minimum absolute atomic E-state index is 0.613. The fourth-order valence-corrected chi connectivity index (χ4v) is 2.85. The Morgan fingerprint density at radius 1 is 1.00 bits per heavy atom. The highest BCUT2D eigenvalue weighted by Crippen LogP contribution is 2.33. The van der Waals surface area contributed by atoms with E-state index in [0.29, 0.717) is 6.61 Å². The molecule has 0 saturated carbocycles. The Hall–Kier alpha value is -1.72. The van der Waals surface area contributed by atoms with Crippen molar-refractivity contribution >= 4 is 15.9 Å². The van der Waals surface area contributed by atoms with E-state index in [2.05, 4.69) is 33.4 Å². The van der Waals surface area contributed by atoms with Gasteiger partial charge < -0.3 is 19.5 Å². The van der Waals surface area contributed by atoms with Crippen molar-refractivity contribution in [3.05, 3.63) is 52.0 Å². The van der Waals surface area contributed by atoms with E-state index in [1.165, 1.54) is 5.56 Å². The highest BCUT2D eigenvalue weighted by molar-refractivity contribution is 9.10. The van der Waals surface area contributed by atoms with Gasteiger partial charge in [0, 0.05) is 11.0 Å². The molecular weight excluding hydrogens is 370 g/mol. The maximum absolute atomic E-state index is 5.64. The molecule has 0 aliphatic rings. The van der Waals surface area contributed by atoms with Crippen LogP contribution in [0.15, 0.2) is 40.9 Å². The second-order valence-corrected chi connectivity index (χ2v) is 6.16. The minimum Gasteiger partial charge on any atom is -0.497 e. The van der Waals surface area contributed by atoms with Crippen LogP contribution in [0.3, 0.4) is 0 Å². The maximum atomic E-state index is 5.64. The van der Waals surface area contributed by atoms with Gasteiger partial charge in [0.2, 0.25) is 0 Å². The fraction of sp³-hybridized carbons (Fsp3) is 0.368. The highest BCUT2D eigenvalue weighted by atomic mass is 79.9. The van der Waals surface area contributed by atoms with Gasteiger partial charge in [-0.1, -0.05) is 28.1 Å². The first kappa shape index (κ1) is 18.6. The van der Waals surface area contributed by atoms with Crippen molar-refractivity contribution in [2.75, 3.05) is 27.4 Å². The Morgan fingerprint density at radius 3 is 2.38 bits per heavy atom. The number of hydrogen-bond acceptors (Lipinski definition) is 4. The van der Waals surface area contributed by atoms with Gasteiger partial charge in [0.1, 0.15) is 5.75 Å². The van der Waals surface area contributed by atoms with Crippen LogP contribution in [0.5, 0.6) is 17.2 Å². The van der Waals surface area contributed by atoms with Crippen LogP contribution in [0.25, 0.3) is 0 Å². The zero-order chi connectivity index (χ0) is 17.4. The summed E-state index contributed by atoms with van der Waals surface area (Å²) >= 11 is 3.60.